The Morgan fingerprint density at radius 3 is 2.52 bits per heavy atom. The van der Waals surface area contributed by atoms with Crippen LogP contribution in [0.4, 0.5) is 5.69 Å². The maximum atomic E-state index is 12.5. The number of piperidine rings is 1. The molecule has 2 aromatic carbocycles. The number of carbonyl (C=O) groups is 1. The molecule has 138 valence electrons. The monoisotopic (exact) mass is 381 g/mol. The van der Waals surface area contributed by atoms with Crippen LogP contribution in [0.3, 0.4) is 0 Å². The molecule has 3 aromatic rings. The molecule has 1 saturated heterocycles. The Morgan fingerprint density at radius 1 is 1.15 bits per heavy atom. The second-order valence-corrected chi connectivity index (χ2v) is 7.84. The fourth-order valence-electron chi connectivity index (χ4n) is 3.46. The van der Waals surface area contributed by atoms with Gasteiger partial charge in [0.1, 0.15) is 0 Å². The summed E-state index contributed by atoms with van der Waals surface area (Å²) in [5.41, 5.74) is 1.90. The molecule has 27 heavy (non-hydrogen) atoms. The number of likely N-dealkylation sites (tertiary alicyclic amines) is 1. The van der Waals surface area contributed by atoms with Gasteiger partial charge >= 0.3 is 0 Å². The summed E-state index contributed by atoms with van der Waals surface area (Å²) in [5, 5.41) is 11.9. The lowest BCUT2D eigenvalue weighted by atomic mass is 9.97. The summed E-state index contributed by atoms with van der Waals surface area (Å²) >= 11 is 1.75. The van der Waals surface area contributed by atoms with Crippen molar-refractivity contribution in [2.45, 2.75) is 25.2 Å². The predicted octanol–water partition coefficient (Wildman–Crippen LogP) is 4.15. The SMILES string of the molecule is O=C(Cc1ccc([N+](=O)[O-])cc1)N1CCC(c2nc3ccccc3s2)CC1. The average Bonchev–Trinajstić information content (AvgIpc) is 3.13. The Kier molecular flexibility index (Phi) is 4.85. The number of nitro groups is 1. The lowest BCUT2D eigenvalue weighted by Gasteiger charge is -2.31. The zero-order valence-corrected chi connectivity index (χ0v) is 15.5. The van der Waals surface area contributed by atoms with Crippen LogP contribution in [0.25, 0.3) is 10.2 Å². The summed E-state index contributed by atoms with van der Waals surface area (Å²) in [6.45, 7) is 1.46. The van der Waals surface area contributed by atoms with Gasteiger partial charge in [0.05, 0.1) is 26.6 Å². The predicted molar refractivity (Wildman–Crippen MR) is 105 cm³/mol. The van der Waals surface area contributed by atoms with Crippen molar-refractivity contribution >= 4 is 33.1 Å². The molecule has 7 heteroatoms. The van der Waals surface area contributed by atoms with Gasteiger partial charge in [0, 0.05) is 31.1 Å². The van der Waals surface area contributed by atoms with E-state index in [9.17, 15) is 14.9 Å². The van der Waals surface area contributed by atoms with Crippen molar-refractivity contribution < 1.29 is 9.72 Å². The van der Waals surface area contributed by atoms with Gasteiger partial charge in [-0.05, 0) is 30.5 Å². The van der Waals surface area contributed by atoms with Crippen molar-refractivity contribution in [3.63, 3.8) is 0 Å². The molecule has 4 rings (SSSR count). The number of aromatic nitrogens is 1. The number of fused-ring (bicyclic) bond motifs is 1. The van der Waals surface area contributed by atoms with Crippen molar-refractivity contribution in [2.24, 2.45) is 0 Å². The van der Waals surface area contributed by atoms with Crippen LogP contribution in [0.2, 0.25) is 0 Å². The van der Waals surface area contributed by atoms with Gasteiger partial charge in [-0.2, -0.15) is 0 Å². The molecule has 1 aliphatic rings. The quantitative estimate of drug-likeness (QED) is 0.502. The molecule has 1 aromatic heterocycles. The van der Waals surface area contributed by atoms with E-state index in [-0.39, 0.29) is 18.0 Å². The summed E-state index contributed by atoms with van der Waals surface area (Å²) in [5.74, 6) is 0.484. The number of thiazole rings is 1. The minimum Gasteiger partial charge on any atom is -0.342 e. The lowest BCUT2D eigenvalue weighted by Crippen LogP contribution is -2.38. The minimum absolute atomic E-state index is 0.0443. The fourth-order valence-corrected chi connectivity index (χ4v) is 4.60. The van der Waals surface area contributed by atoms with Gasteiger partial charge in [-0.3, -0.25) is 14.9 Å². The maximum Gasteiger partial charge on any atom is 0.269 e. The van der Waals surface area contributed by atoms with Crippen LogP contribution in [-0.4, -0.2) is 33.8 Å². The third-order valence-corrected chi connectivity index (χ3v) is 6.21. The van der Waals surface area contributed by atoms with E-state index in [1.165, 1.54) is 21.8 Å². The summed E-state index contributed by atoms with van der Waals surface area (Å²) < 4.78 is 1.21. The number of nitro benzene ring substituents is 1. The van der Waals surface area contributed by atoms with Crippen LogP contribution in [0.5, 0.6) is 0 Å². The van der Waals surface area contributed by atoms with Crippen LogP contribution < -0.4 is 0 Å². The molecule has 1 fully saturated rings. The van der Waals surface area contributed by atoms with E-state index >= 15 is 0 Å². The number of hydrogen-bond donors (Lipinski definition) is 0. The van der Waals surface area contributed by atoms with Crippen molar-refractivity contribution in [1.82, 2.24) is 9.88 Å². The topological polar surface area (TPSA) is 76.3 Å². The maximum absolute atomic E-state index is 12.5. The van der Waals surface area contributed by atoms with Gasteiger partial charge in [0.15, 0.2) is 0 Å². The number of nitrogens with zero attached hydrogens (tertiary/aromatic N) is 3. The summed E-state index contributed by atoms with van der Waals surface area (Å²) in [6.07, 6.45) is 2.13. The Labute approximate surface area is 160 Å². The van der Waals surface area contributed by atoms with E-state index in [1.54, 1.807) is 23.5 Å². The van der Waals surface area contributed by atoms with Gasteiger partial charge in [-0.15, -0.1) is 11.3 Å². The largest absolute Gasteiger partial charge is 0.342 e. The van der Waals surface area contributed by atoms with Crippen molar-refractivity contribution in [2.75, 3.05) is 13.1 Å². The normalized spacial score (nSPS) is 15.2. The number of amides is 1. The molecule has 0 N–H and O–H groups in total. The first-order valence-electron chi connectivity index (χ1n) is 8.97. The second kappa shape index (κ2) is 7.44. The van der Waals surface area contributed by atoms with E-state index in [2.05, 4.69) is 6.07 Å². The summed E-state index contributed by atoms with van der Waals surface area (Å²) in [7, 11) is 0. The first-order chi connectivity index (χ1) is 13.1. The molecule has 6 nitrogen and oxygen atoms in total. The van der Waals surface area contributed by atoms with Crippen LogP contribution in [0, 0.1) is 10.1 Å². The number of para-hydroxylation sites is 1. The van der Waals surface area contributed by atoms with Crippen LogP contribution >= 0.6 is 11.3 Å². The van der Waals surface area contributed by atoms with E-state index in [0.717, 1.165) is 37.0 Å². The zero-order chi connectivity index (χ0) is 18.8. The number of non-ortho nitro benzene ring substituents is 1. The summed E-state index contributed by atoms with van der Waals surface area (Å²) in [4.78, 5) is 29.5. The zero-order valence-electron chi connectivity index (χ0n) is 14.7. The number of carbonyl (C=O) groups excluding carboxylic acids is 1. The molecular formula is C20H19N3O3S. The molecular weight excluding hydrogens is 362 g/mol. The lowest BCUT2D eigenvalue weighted by molar-refractivity contribution is -0.384. The highest BCUT2D eigenvalue weighted by Gasteiger charge is 2.26. The number of benzene rings is 2. The minimum atomic E-state index is -0.432. The molecule has 0 atom stereocenters. The molecule has 0 saturated carbocycles. The van der Waals surface area contributed by atoms with E-state index in [0.29, 0.717) is 5.92 Å². The third kappa shape index (κ3) is 3.83. The first kappa shape index (κ1) is 17.6. The number of hydrogen-bond acceptors (Lipinski definition) is 5. The van der Waals surface area contributed by atoms with Crippen LogP contribution in [0.1, 0.15) is 29.3 Å². The first-order valence-corrected chi connectivity index (χ1v) is 9.78. The van der Waals surface area contributed by atoms with Crippen LogP contribution in [0.15, 0.2) is 48.5 Å². The fraction of sp³-hybridized carbons (Fsp3) is 0.300. The van der Waals surface area contributed by atoms with E-state index in [4.69, 9.17) is 4.98 Å². The van der Waals surface area contributed by atoms with Gasteiger partial charge in [0.2, 0.25) is 5.91 Å². The standard InChI is InChI=1S/C20H19N3O3S/c24-19(13-14-5-7-16(8-6-14)23(25)26)22-11-9-15(10-12-22)20-21-17-3-1-2-4-18(17)27-20/h1-8,15H,9-13H2. The molecule has 0 bridgehead atoms. The Balaban J connectivity index is 1.35. The highest BCUT2D eigenvalue weighted by atomic mass is 32.1. The Bertz CT molecular complexity index is 943. The molecule has 1 aliphatic heterocycles. The molecule has 0 unspecified atom stereocenters. The van der Waals surface area contributed by atoms with Gasteiger partial charge in [-0.25, -0.2) is 4.98 Å². The Hall–Kier alpha value is -2.80. The number of rotatable bonds is 4. The summed E-state index contributed by atoms with van der Waals surface area (Å²) in [6, 6.07) is 14.4. The van der Waals surface area contributed by atoms with Gasteiger partial charge < -0.3 is 4.90 Å². The molecule has 0 spiro atoms. The Morgan fingerprint density at radius 2 is 1.85 bits per heavy atom. The van der Waals surface area contributed by atoms with E-state index in [1.807, 2.05) is 23.1 Å². The highest BCUT2D eigenvalue weighted by Crippen LogP contribution is 2.33. The van der Waals surface area contributed by atoms with Crippen molar-refractivity contribution in [3.05, 3.63) is 69.2 Å². The molecule has 2 heterocycles. The second-order valence-electron chi connectivity index (χ2n) is 6.78. The molecule has 1 amide bonds. The molecule has 0 radical (unpaired) electrons. The third-order valence-electron chi connectivity index (χ3n) is 5.01. The average molecular weight is 381 g/mol. The van der Waals surface area contributed by atoms with E-state index < -0.39 is 4.92 Å². The van der Waals surface area contributed by atoms with Crippen molar-refractivity contribution in [3.8, 4) is 0 Å². The van der Waals surface area contributed by atoms with Crippen LogP contribution in [-0.2, 0) is 11.2 Å². The highest BCUT2D eigenvalue weighted by molar-refractivity contribution is 7.18. The van der Waals surface area contributed by atoms with Gasteiger partial charge in [0.25, 0.3) is 5.69 Å². The molecule has 0 aliphatic carbocycles. The van der Waals surface area contributed by atoms with Crippen molar-refractivity contribution in [1.29, 1.82) is 0 Å². The smallest absolute Gasteiger partial charge is 0.269 e. The van der Waals surface area contributed by atoms with Gasteiger partial charge in [-0.1, -0.05) is 24.3 Å².